The fraction of sp³-hybridized carbons (Fsp3) is 0.667. The van der Waals surface area contributed by atoms with Crippen LogP contribution in [0.3, 0.4) is 0 Å². The number of alkyl carbamates (subject to hydrolysis) is 1. The number of pyridine rings is 1. The highest BCUT2D eigenvalue weighted by Crippen LogP contribution is 2.47. The number of amides is 4. The number of hydrogen-bond acceptors (Lipinski definition) is 12. The Labute approximate surface area is 387 Å². The molecule has 66 heavy (non-hydrogen) atoms. The van der Waals surface area contributed by atoms with Crippen molar-refractivity contribution in [3.05, 3.63) is 42.5 Å². The van der Waals surface area contributed by atoms with Gasteiger partial charge in [0, 0.05) is 23.8 Å². The second kappa shape index (κ2) is 20.1. The van der Waals surface area contributed by atoms with Crippen LogP contribution in [0, 0.1) is 17.8 Å². The number of rotatable bonds is 13. The van der Waals surface area contributed by atoms with Crippen LogP contribution in [0.15, 0.2) is 36.9 Å². The summed E-state index contributed by atoms with van der Waals surface area (Å²) in [6.07, 6.45) is 13.8. The van der Waals surface area contributed by atoms with Crippen molar-refractivity contribution in [3.63, 3.8) is 0 Å². The van der Waals surface area contributed by atoms with Crippen LogP contribution in [-0.4, -0.2) is 114 Å². The molecule has 1 saturated heterocycles. The largest absolute Gasteiger partial charge is 0.492 e. The molecule has 2 bridgehead atoms. The van der Waals surface area contributed by atoms with Gasteiger partial charge < -0.3 is 40.2 Å². The Morgan fingerprint density at radius 3 is 2.42 bits per heavy atom. The van der Waals surface area contributed by atoms with Gasteiger partial charge in [-0.05, 0) is 114 Å². The first-order chi connectivity index (χ1) is 31.8. The first-order valence-corrected chi connectivity index (χ1v) is 25.6. The van der Waals surface area contributed by atoms with Gasteiger partial charge in [0.15, 0.2) is 0 Å². The molecule has 5 saturated carbocycles. The van der Waals surface area contributed by atoms with Crippen molar-refractivity contribution < 1.29 is 51.7 Å². The molecule has 9 rings (SSSR count). The van der Waals surface area contributed by atoms with Gasteiger partial charge in [-0.3, -0.25) is 23.9 Å². The Morgan fingerprint density at radius 2 is 1.73 bits per heavy atom. The molecule has 1 aromatic heterocycles. The number of aromatic nitrogens is 1. The number of nitrogens with one attached hydrogen (secondary N) is 4. The van der Waals surface area contributed by atoms with E-state index >= 15 is 4.79 Å². The van der Waals surface area contributed by atoms with Gasteiger partial charge in [0.05, 0.1) is 29.0 Å². The van der Waals surface area contributed by atoms with Crippen LogP contribution >= 0.6 is 0 Å². The second-order valence-corrected chi connectivity index (χ2v) is 21.9. The van der Waals surface area contributed by atoms with Crippen molar-refractivity contribution in [1.82, 2.24) is 30.6 Å². The maximum atomic E-state index is 15.1. The van der Waals surface area contributed by atoms with Crippen LogP contribution in [0.1, 0.15) is 122 Å². The lowest BCUT2D eigenvalue weighted by Gasteiger charge is -2.34. The Bertz CT molecular complexity index is 2260. The molecule has 7 atom stereocenters. The van der Waals surface area contributed by atoms with Crippen molar-refractivity contribution in [2.24, 2.45) is 17.8 Å². The number of nitrogens with zero attached hydrogens (tertiary/aromatic N) is 2. The SMILES string of the molecule is C=C[C@@H]1C[C@]1(NC(=O)[C@@H]1C[C@@H]2CN1C(=O)[C@H](C1CCCCC1)NC(=O)O[C@@H]1C[C@H]1CCCCCc1c(nc3ccccc3c1OCCCNC1CC1)O2)C(=O)NS(=O)(=O)C1(C)CC1.O=CO. The molecule has 2 aliphatic heterocycles. The van der Waals surface area contributed by atoms with Crippen LogP contribution in [-0.2, 0) is 40.4 Å². The molecular weight excluding hydrogens is 869 g/mol. The Kier molecular flexibility index (Phi) is 14.5. The fourth-order valence-electron chi connectivity index (χ4n) is 10.1. The molecule has 3 heterocycles. The molecule has 5 N–H and O–H groups in total. The summed E-state index contributed by atoms with van der Waals surface area (Å²) in [7, 11) is -4.00. The minimum atomic E-state index is -4.00. The number of benzene rings is 1. The van der Waals surface area contributed by atoms with Gasteiger partial charge in [0.2, 0.25) is 27.7 Å². The van der Waals surface area contributed by atoms with Crippen molar-refractivity contribution >= 4 is 51.2 Å². The smallest absolute Gasteiger partial charge is 0.408 e. The summed E-state index contributed by atoms with van der Waals surface area (Å²) in [4.78, 5) is 72.2. The monoisotopic (exact) mass is 934 g/mol. The zero-order valence-corrected chi connectivity index (χ0v) is 38.8. The molecular formula is C48H66N6O11S. The third kappa shape index (κ3) is 10.7. The first-order valence-electron chi connectivity index (χ1n) is 24.1. The van der Waals surface area contributed by atoms with E-state index in [1.165, 1.54) is 17.7 Å². The normalized spacial score (nSPS) is 29.6. The predicted octanol–water partition coefficient (Wildman–Crippen LogP) is 5.04. The van der Waals surface area contributed by atoms with Crippen molar-refractivity contribution in [3.8, 4) is 11.6 Å². The summed E-state index contributed by atoms with van der Waals surface area (Å²) in [5, 5.41) is 17.2. The van der Waals surface area contributed by atoms with Crippen molar-refractivity contribution in [2.45, 2.75) is 163 Å². The lowest BCUT2D eigenvalue weighted by Crippen LogP contribution is -2.59. The Balaban J connectivity index is 0.00000192. The number of carbonyl (C=O) groups excluding carboxylic acids is 4. The molecule has 6 fully saturated rings. The average Bonchev–Trinajstić information content (AvgIpc) is 4.14. The van der Waals surface area contributed by atoms with E-state index in [9.17, 15) is 22.8 Å². The van der Waals surface area contributed by atoms with Gasteiger partial charge in [0.1, 0.15) is 35.6 Å². The van der Waals surface area contributed by atoms with Crippen LogP contribution < -0.4 is 30.1 Å². The number of carboxylic acid groups (broad SMARTS) is 1. The maximum absolute atomic E-state index is 15.1. The second-order valence-electron chi connectivity index (χ2n) is 19.7. The molecule has 0 unspecified atom stereocenters. The summed E-state index contributed by atoms with van der Waals surface area (Å²) in [6, 6.07) is 6.39. The molecule has 7 aliphatic rings. The number of carbonyl (C=O) groups is 5. The lowest BCUT2D eigenvalue weighted by molar-refractivity contribution is -0.142. The summed E-state index contributed by atoms with van der Waals surface area (Å²) in [5.41, 5.74) is -0.00334. The molecule has 17 nitrogen and oxygen atoms in total. The first kappa shape index (κ1) is 47.5. The predicted molar refractivity (Wildman–Crippen MR) is 244 cm³/mol. The zero-order chi connectivity index (χ0) is 46.6. The summed E-state index contributed by atoms with van der Waals surface area (Å²) in [5.74, 6) is -1.15. The van der Waals surface area contributed by atoms with E-state index in [-0.39, 0.29) is 43.8 Å². The number of hydrogen-bond donors (Lipinski definition) is 5. The van der Waals surface area contributed by atoms with Gasteiger partial charge in [-0.1, -0.05) is 50.3 Å². The third-order valence-electron chi connectivity index (χ3n) is 14.8. The van der Waals surface area contributed by atoms with Crippen molar-refractivity contribution in [2.75, 3.05) is 19.7 Å². The topological polar surface area (TPSA) is 232 Å². The summed E-state index contributed by atoms with van der Waals surface area (Å²) < 4.78 is 47.1. The maximum Gasteiger partial charge on any atom is 0.408 e. The summed E-state index contributed by atoms with van der Waals surface area (Å²) in [6.45, 7) is 6.58. The van der Waals surface area contributed by atoms with Gasteiger partial charge in [-0.2, -0.15) is 0 Å². The van der Waals surface area contributed by atoms with E-state index in [4.69, 9.17) is 29.1 Å². The van der Waals surface area contributed by atoms with Gasteiger partial charge in [0.25, 0.3) is 12.4 Å². The van der Waals surface area contributed by atoms with E-state index in [1.54, 1.807) is 13.0 Å². The van der Waals surface area contributed by atoms with E-state index < -0.39 is 68.2 Å². The van der Waals surface area contributed by atoms with E-state index in [1.807, 2.05) is 24.3 Å². The molecule has 18 heteroatoms. The van der Waals surface area contributed by atoms with Crippen LogP contribution in [0.25, 0.3) is 10.9 Å². The van der Waals surface area contributed by atoms with E-state index in [0.29, 0.717) is 43.3 Å². The highest BCUT2D eigenvalue weighted by molar-refractivity contribution is 7.91. The Hall–Kier alpha value is -4.97. The average molecular weight is 935 g/mol. The summed E-state index contributed by atoms with van der Waals surface area (Å²) >= 11 is 0. The van der Waals surface area contributed by atoms with Gasteiger partial charge in [-0.25, -0.2) is 18.2 Å². The zero-order valence-electron chi connectivity index (χ0n) is 38.0. The van der Waals surface area contributed by atoms with Crippen LogP contribution in [0.2, 0.25) is 0 Å². The molecule has 0 spiro atoms. The molecule has 1 aromatic carbocycles. The minimum absolute atomic E-state index is 0.00928. The molecule has 5 aliphatic carbocycles. The molecule has 360 valence electrons. The van der Waals surface area contributed by atoms with Crippen molar-refractivity contribution in [1.29, 1.82) is 0 Å². The minimum Gasteiger partial charge on any atom is -0.492 e. The Morgan fingerprint density at radius 1 is 1.02 bits per heavy atom. The number of fused-ring (bicyclic) bond motifs is 5. The van der Waals surface area contributed by atoms with E-state index in [2.05, 4.69) is 27.3 Å². The molecule has 0 radical (unpaired) electrons. The van der Waals surface area contributed by atoms with Crippen LogP contribution in [0.4, 0.5) is 4.79 Å². The highest BCUT2D eigenvalue weighted by atomic mass is 32.2. The van der Waals surface area contributed by atoms with E-state index in [0.717, 1.165) is 93.9 Å². The third-order valence-corrected chi connectivity index (χ3v) is 16.9. The fourth-order valence-corrected chi connectivity index (χ4v) is 11.4. The highest BCUT2D eigenvalue weighted by Gasteiger charge is 2.63. The number of ether oxygens (including phenoxy) is 3. The van der Waals surface area contributed by atoms with Crippen LogP contribution in [0.5, 0.6) is 11.6 Å². The molecule has 4 amide bonds. The van der Waals surface area contributed by atoms with Gasteiger partial charge in [-0.15, -0.1) is 6.58 Å². The standard InChI is InChI=1S/C47H64N6O9S.CH2O2/c1-3-31-27-47(31,44(56)52-63(58,59)46(2)21-22-46)51-41(54)37-26-33-28-53(37)43(55)39(29-13-6-4-7-14-29)50-45(57)62-38-25-30(38)15-8-5-9-17-35-40(60-24-12-23-48-32-19-20-32)34-16-10-11-18-36(34)49-42(35)61-33;2-1-3/h3,10-11,16,18,29-33,37-39,48H,1,4-9,12-15,17,19-28H2,2H3,(H,50,57)(H,51,54)(H,52,56);1H,(H,2,3)/t30-,31-,33-,37+,38-,39+,47-;/m1./s1. The molecule has 2 aromatic rings. The number of sulfonamides is 1. The van der Waals surface area contributed by atoms with Gasteiger partial charge >= 0.3 is 6.09 Å². The quantitative estimate of drug-likeness (QED) is 0.101. The number of para-hydroxylation sites is 1. The lowest BCUT2D eigenvalue weighted by atomic mass is 9.83.